The highest BCUT2D eigenvalue weighted by atomic mass is 32.2. The Morgan fingerprint density at radius 1 is 1.06 bits per heavy atom. The lowest BCUT2D eigenvalue weighted by atomic mass is 9.96. The molecular weight excluding hydrogens is 446 g/mol. The first kappa shape index (κ1) is 23.0. The Labute approximate surface area is 195 Å². The lowest BCUT2D eigenvalue weighted by Gasteiger charge is -2.50. The van der Waals surface area contributed by atoms with E-state index in [0.29, 0.717) is 5.75 Å². The molecule has 4 rings (SSSR count). The molecule has 3 amide bonds. The summed E-state index contributed by atoms with van der Waals surface area (Å²) in [4.78, 5) is 38.8. The molecule has 0 spiro atoms. The smallest absolute Gasteiger partial charge is 0.327 e. The summed E-state index contributed by atoms with van der Waals surface area (Å²) in [6.07, 6.45) is -0.776. The Hall–Kier alpha value is -3.15. The zero-order valence-corrected chi connectivity index (χ0v) is 19.2. The van der Waals surface area contributed by atoms with Gasteiger partial charge in [-0.05, 0) is 23.3 Å². The van der Waals surface area contributed by atoms with E-state index in [4.69, 9.17) is 4.74 Å². The number of ether oxygens (including phenoxy) is 1. The normalized spacial score (nSPS) is 25.1. The summed E-state index contributed by atoms with van der Waals surface area (Å²) >= 11 is 1.53. The van der Waals surface area contributed by atoms with Crippen LogP contribution in [0.4, 0.5) is 10.5 Å². The lowest BCUT2D eigenvalue weighted by molar-refractivity contribution is -0.384. The number of fused-ring (bicyclic) bond motifs is 1. The second-order valence-corrected chi connectivity index (χ2v) is 9.09. The zero-order valence-electron chi connectivity index (χ0n) is 18.4. The number of amides is 3. The van der Waals surface area contributed by atoms with Crippen molar-refractivity contribution in [3.8, 4) is 5.75 Å². The number of hydrogen-bond donors (Lipinski definition) is 2. The Bertz CT molecular complexity index is 1050. The first-order valence-electron chi connectivity index (χ1n) is 10.4. The van der Waals surface area contributed by atoms with Crippen molar-refractivity contribution in [3.63, 3.8) is 0 Å². The molecule has 2 heterocycles. The van der Waals surface area contributed by atoms with Crippen molar-refractivity contribution in [3.05, 3.63) is 69.8 Å². The predicted molar refractivity (Wildman–Crippen MR) is 123 cm³/mol. The Kier molecular flexibility index (Phi) is 6.54. The van der Waals surface area contributed by atoms with Crippen LogP contribution in [-0.4, -0.2) is 59.4 Å². The summed E-state index contributed by atoms with van der Waals surface area (Å²) in [6.45, 7) is 0. The number of carbonyl (C=O) groups is 2. The lowest BCUT2D eigenvalue weighted by Crippen LogP contribution is -2.72. The third kappa shape index (κ3) is 4.52. The molecule has 4 unspecified atom stereocenters. The average Bonchev–Trinajstić information content (AvgIpc) is 2.84. The van der Waals surface area contributed by atoms with Crippen LogP contribution in [-0.2, 0) is 10.5 Å². The van der Waals surface area contributed by atoms with Crippen molar-refractivity contribution < 1.29 is 19.2 Å². The Morgan fingerprint density at radius 2 is 1.73 bits per heavy atom. The summed E-state index contributed by atoms with van der Waals surface area (Å²) < 4.78 is 5.24. The van der Waals surface area contributed by atoms with Gasteiger partial charge in [0.15, 0.2) is 0 Å². The predicted octanol–water partition coefficient (Wildman–Crippen LogP) is 2.52. The van der Waals surface area contributed by atoms with Crippen LogP contribution in [0.25, 0.3) is 0 Å². The number of nitrogens with zero attached hydrogens (tertiary/aromatic N) is 3. The van der Waals surface area contributed by atoms with Crippen molar-refractivity contribution in [2.45, 2.75) is 23.5 Å². The third-order valence-corrected chi connectivity index (χ3v) is 7.27. The highest BCUT2D eigenvalue weighted by Crippen LogP contribution is 2.36. The van der Waals surface area contributed by atoms with Gasteiger partial charge in [-0.3, -0.25) is 30.4 Å². The van der Waals surface area contributed by atoms with Gasteiger partial charge in [-0.25, -0.2) is 4.79 Å². The van der Waals surface area contributed by atoms with Crippen LogP contribution in [0.2, 0.25) is 0 Å². The van der Waals surface area contributed by atoms with E-state index in [9.17, 15) is 19.7 Å². The number of thioether (sulfide) groups is 1. The Balaban J connectivity index is 1.58. The molecule has 2 fully saturated rings. The van der Waals surface area contributed by atoms with E-state index >= 15 is 0 Å². The number of nitro benzene ring substituents is 1. The zero-order chi connectivity index (χ0) is 23.7. The van der Waals surface area contributed by atoms with E-state index in [2.05, 4.69) is 10.6 Å². The summed E-state index contributed by atoms with van der Waals surface area (Å²) in [5, 5.41) is 17.5. The van der Waals surface area contributed by atoms with E-state index in [-0.39, 0.29) is 29.2 Å². The molecule has 10 nitrogen and oxygen atoms in total. The molecule has 2 aliphatic heterocycles. The van der Waals surface area contributed by atoms with Gasteiger partial charge >= 0.3 is 6.03 Å². The maximum Gasteiger partial charge on any atom is 0.327 e. The van der Waals surface area contributed by atoms with Crippen LogP contribution in [0.15, 0.2) is 48.5 Å². The number of rotatable bonds is 6. The number of nitro groups is 1. The molecule has 2 N–H and O–H groups in total. The van der Waals surface area contributed by atoms with Gasteiger partial charge in [-0.2, -0.15) is 0 Å². The number of benzene rings is 2. The molecule has 2 saturated heterocycles. The van der Waals surface area contributed by atoms with E-state index in [1.54, 1.807) is 31.2 Å². The Morgan fingerprint density at radius 3 is 2.33 bits per heavy atom. The first-order chi connectivity index (χ1) is 15.8. The fourth-order valence-corrected chi connectivity index (χ4v) is 5.36. The van der Waals surface area contributed by atoms with Crippen molar-refractivity contribution in [1.29, 1.82) is 0 Å². The quantitative estimate of drug-likeness (QED) is 0.488. The second-order valence-electron chi connectivity index (χ2n) is 7.96. The number of methoxy groups -OCH3 is 1. The molecule has 4 atom stereocenters. The molecule has 0 saturated carbocycles. The highest BCUT2D eigenvalue weighted by molar-refractivity contribution is 7.99. The van der Waals surface area contributed by atoms with Crippen LogP contribution in [0, 0.1) is 16.0 Å². The number of urea groups is 1. The maximum atomic E-state index is 13.1. The average molecular weight is 472 g/mol. The summed E-state index contributed by atoms with van der Waals surface area (Å²) in [5.41, 5.74) is 1.89. The largest absolute Gasteiger partial charge is 0.497 e. The van der Waals surface area contributed by atoms with Gasteiger partial charge in [-0.1, -0.05) is 24.3 Å². The third-order valence-electron chi connectivity index (χ3n) is 5.98. The van der Waals surface area contributed by atoms with Gasteiger partial charge in [0.1, 0.15) is 5.75 Å². The van der Waals surface area contributed by atoms with Crippen LogP contribution < -0.4 is 15.4 Å². The number of non-ortho nitro benzene ring substituents is 1. The molecule has 33 heavy (non-hydrogen) atoms. The minimum Gasteiger partial charge on any atom is -0.497 e. The van der Waals surface area contributed by atoms with Crippen molar-refractivity contribution in [1.82, 2.24) is 20.4 Å². The minimum absolute atomic E-state index is 0.0348. The van der Waals surface area contributed by atoms with Crippen LogP contribution in [0.3, 0.4) is 0 Å². The summed E-state index contributed by atoms with van der Waals surface area (Å²) in [6, 6.07) is 13.6. The molecule has 11 heteroatoms. The minimum atomic E-state index is -0.504. The topological polar surface area (TPSA) is 117 Å². The maximum absolute atomic E-state index is 13.1. The van der Waals surface area contributed by atoms with Crippen molar-refractivity contribution in [2.24, 2.45) is 5.92 Å². The number of carbonyl (C=O) groups excluding carboxylic acids is 2. The second kappa shape index (κ2) is 9.38. The van der Waals surface area contributed by atoms with E-state index in [1.807, 2.05) is 24.3 Å². The van der Waals surface area contributed by atoms with Crippen LogP contribution >= 0.6 is 11.8 Å². The van der Waals surface area contributed by atoms with Gasteiger partial charge < -0.3 is 9.64 Å². The molecular formula is C22H25N5O5S. The SMILES string of the molecule is COc1ccc(C2NC(SCc3ccc([N+](=O)[O-])cc3)C3C(=O)N(C)C(=O)N(C)C3N2)cc1. The molecule has 174 valence electrons. The first-order valence-corrected chi connectivity index (χ1v) is 11.4. The standard InChI is InChI=1S/C22H25N5O5S/c1-25-19-17(21(28)26(2)22(25)29)20(33-12-13-4-8-15(9-5-13)27(30)31)24-18(23-19)14-6-10-16(32-3)11-7-14/h4-11,17-20,23-24H,12H2,1-3H3. The van der Waals surface area contributed by atoms with Gasteiger partial charge in [-0.15, -0.1) is 11.8 Å². The van der Waals surface area contributed by atoms with Gasteiger partial charge in [0, 0.05) is 32.0 Å². The van der Waals surface area contributed by atoms with E-state index < -0.39 is 17.0 Å². The molecule has 0 aliphatic carbocycles. The van der Waals surface area contributed by atoms with E-state index in [1.165, 1.54) is 30.9 Å². The summed E-state index contributed by atoms with van der Waals surface area (Å²) in [7, 11) is 4.78. The summed E-state index contributed by atoms with van der Waals surface area (Å²) in [5.74, 6) is 0.522. The molecule has 0 aromatic heterocycles. The molecule has 2 aromatic rings. The molecule has 0 bridgehead atoms. The van der Waals surface area contributed by atoms with Crippen LogP contribution in [0.1, 0.15) is 17.3 Å². The van der Waals surface area contributed by atoms with Crippen molar-refractivity contribution in [2.75, 3.05) is 21.2 Å². The van der Waals surface area contributed by atoms with Gasteiger partial charge in [0.25, 0.3) is 5.69 Å². The molecule has 2 aliphatic rings. The monoisotopic (exact) mass is 471 g/mol. The van der Waals surface area contributed by atoms with Gasteiger partial charge in [0.05, 0.1) is 35.7 Å². The van der Waals surface area contributed by atoms with Crippen LogP contribution in [0.5, 0.6) is 5.75 Å². The molecule has 0 radical (unpaired) electrons. The van der Waals surface area contributed by atoms with Crippen molar-refractivity contribution >= 4 is 29.4 Å². The molecule has 2 aromatic carbocycles. The van der Waals surface area contributed by atoms with E-state index in [0.717, 1.165) is 21.8 Å². The number of imide groups is 1. The number of hydrogen-bond acceptors (Lipinski definition) is 8. The highest BCUT2D eigenvalue weighted by Gasteiger charge is 2.50. The fourth-order valence-electron chi connectivity index (χ4n) is 4.09. The fraction of sp³-hybridized carbons (Fsp3) is 0.364. The van der Waals surface area contributed by atoms with Gasteiger partial charge in [0.2, 0.25) is 5.91 Å². The number of nitrogens with one attached hydrogen (secondary N) is 2.